The molecule has 1 N–H and O–H groups in total. The summed E-state index contributed by atoms with van der Waals surface area (Å²) in [6.45, 7) is 2.28. The summed E-state index contributed by atoms with van der Waals surface area (Å²) in [4.78, 5) is 14.5. The summed E-state index contributed by atoms with van der Waals surface area (Å²) in [6.07, 6.45) is -2.27. The lowest BCUT2D eigenvalue weighted by molar-refractivity contribution is -0.137. The lowest BCUT2D eigenvalue weighted by Crippen LogP contribution is -2.04. The van der Waals surface area contributed by atoms with Gasteiger partial charge in [0, 0.05) is 12.6 Å². The van der Waals surface area contributed by atoms with Crippen molar-refractivity contribution in [3.8, 4) is 0 Å². The van der Waals surface area contributed by atoms with Crippen molar-refractivity contribution in [1.29, 1.82) is 0 Å². The van der Waals surface area contributed by atoms with E-state index in [-0.39, 0.29) is 5.52 Å². The summed E-state index contributed by atoms with van der Waals surface area (Å²) in [5.74, 6) is -0.833. The number of imidazole rings is 1. The molecule has 2 rings (SSSR count). The molecule has 0 aliphatic carbocycles. The van der Waals surface area contributed by atoms with E-state index in [0.717, 1.165) is 18.2 Å². The average molecular weight is 284 g/mol. The molecule has 106 valence electrons. The number of aryl methyl sites for hydroxylation is 1. The Morgan fingerprint density at radius 1 is 1.45 bits per heavy atom. The van der Waals surface area contributed by atoms with Crippen LogP contribution in [-0.2, 0) is 17.5 Å². The van der Waals surface area contributed by atoms with E-state index in [0.29, 0.717) is 17.9 Å². The summed E-state index contributed by atoms with van der Waals surface area (Å²) in [5.41, 5.74) is -0.0585. The van der Waals surface area contributed by atoms with Crippen LogP contribution >= 0.6 is 0 Å². The third-order valence-electron chi connectivity index (χ3n) is 2.80. The molecule has 0 unspecified atom stereocenters. The third kappa shape index (κ3) is 2.66. The smallest absolute Gasteiger partial charge is 0.416 e. The molecule has 1 aromatic carbocycles. The number of aromatic nitrogens is 2. The summed E-state index contributed by atoms with van der Waals surface area (Å²) in [5, 5.41) is 8.59. The van der Waals surface area contributed by atoms with Crippen LogP contribution in [-0.4, -0.2) is 20.6 Å². The van der Waals surface area contributed by atoms with Gasteiger partial charge in [-0.2, -0.15) is 13.2 Å². The van der Waals surface area contributed by atoms with Crippen LogP contribution < -0.4 is 0 Å². The fourth-order valence-corrected chi connectivity index (χ4v) is 1.93. The van der Waals surface area contributed by atoms with E-state index in [4.69, 9.17) is 5.11 Å². The van der Waals surface area contributed by atoms with Crippen molar-refractivity contribution in [2.75, 3.05) is 0 Å². The van der Waals surface area contributed by atoms with Gasteiger partial charge in [-0.25, -0.2) is 9.78 Å². The van der Waals surface area contributed by atoms with Gasteiger partial charge in [0.05, 0.1) is 16.6 Å². The first kappa shape index (κ1) is 14.1. The molecule has 20 heavy (non-hydrogen) atoms. The number of aliphatic carboxylic acids is 1. The second-order valence-electron chi connectivity index (χ2n) is 4.09. The molecule has 0 aliphatic rings. The Bertz CT molecular complexity index is 687. The van der Waals surface area contributed by atoms with Crippen molar-refractivity contribution in [2.24, 2.45) is 0 Å². The third-order valence-corrected chi connectivity index (χ3v) is 2.80. The normalized spacial score (nSPS) is 12.4. The lowest BCUT2D eigenvalue weighted by Gasteiger charge is -2.06. The molecule has 1 aromatic heterocycles. The van der Waals surface area contributed by atoms with Crippen LogP contribution in [0.15, 0.2) is 24.3 Å². The highest BCUT2D eigenvalue weighted by Gasteiger charge is 2.31. The predicted molar refractivity (Wildman–Crippen MR) is 67.1 cm³/mol. The van der Waals surface area contributed by atoms with Gasteiger partial charge in [-0.05, 0) is 31.2 Å². The van der Waals surface area contributed by atoms with Crippen molar-refractivity contribution >= 4 is 23.1 Å². The van der Waals surface area contributed by atoms with E-state index in [2.05, 4.69) is 4.98 Å². The Kier molecular flexibility index (Phi) is 3.52. The van der Waals surface area contributed by atoms with E-state index >= 15 is 0 Å². The number of nitrogens with zero attached hydrogens (tertiary/aromatic N) is 2. The molecule has 1 heterocycles. The van der Waals surface area contributed by atoms with E-state index in [1.807, 2.05) is 0 Å². The monoisotopic (exact) mass is 284 g/mol. The highest BCUT2D eigenvalue weighted by molar-refractivity contribution is 5.86. The standard InChI is InChI=1S/C13H11F3N2O2/c1-2-18-10-4-3-8(13(14,15)16)7-9(10)17-11(18)5-6-12(19)20/h3-7H,2H2,1H3,(H,19,20)/b6-5+. The van der Waals surface area contributed by atoms with Crippen LogP contribution in [0.2, 0.25) is 0 Å². The number of hydrogen-bond acceptors (Lipinski definition) is 2. The number of halogens is 3. The molecule has 0 fully saturated rings. The molecular weight excluding hydrogens is 273 g/mol. The number of fused-ring (bicyclic) bond motifs is 1. The minimum atomic E-state index is -4.43. The molecule has 0 radical (unpaired) electrons. The van der Waals surface area contributed by atoms with Gasteiger partial charge in [-0.3, -0.25) is 0 Å². The van der Waals surface area contributed by atoms with Crippen molar-refractivity contribution in [3.63, 3.8) is 0 Å². The highest BCUT2D eigenvalue weighted by Crippen LogP contribution is 2.31. The molecule has 0 saturated heterocycles. The van der Waals surface area contributed by atoms with Crippen LogP contribution in [0.3, 0.4) is 0 Å². The SMILES string of the molecule is CCn1c(/C=C/C(=O)O)nc2cc(C(F)(F)F)ccc21. The zero-order valence-corrected chi connectivity index (χ0v) is 10.5. The Labute approximate surface area is 112 Å². The number of carboxylic acids is 1. The number of carboxylic acid groups (broad SMARTS) is 1. The maximum absolute atomic E-state index is 12.6. The molecule has 0 spiro atoms. The fourth-order valence-electron chi connectivity index (χ4n) is 1.93. The largest absolute Gasteiger partial charge is 0.478 e. The summed E-state index contributed by atoms with van der Waals surface area (Å²) < 4.78 is 39.5. The van der Waals surface area contributed by atoms with Gasteiger partial charge in [-0.15, -0.1) is 0 Å². The quantitative estimate of drug-likeness (QED) is 0.881. The Morgan fingerprint density at radius 2 is 2.15 bits per heavy atom. The molecule has 0 atom stereocenters. The summed E-state index contributed by atoms with van der Waals surface area (Å²) in [6, 6.07) is 3.28. The molecule has 7 heteroatoms. The molecule has 0 saturated carbocycles. The summed E-state index contributed by atoms with van der Waals surface area (Å²) in [7, 11) is 0. The van der Waals surface area contributed by atoms with Gasteiger partial charge in [0.1, 0.15) is 5.82 Å². The maximum Gasteiger partial charge on any atom is 0.416 e. The number of carbonyl (C=O) groups is 1. The Hall–Kier alpha value is -2.31. The average Bonchev–Trinajstić information content (AvgIpc) is 2.71. The molecule has 4 nitrogen and oxygen atoms in total. The van der Waals surface area contributed by atoms with Gasteiger partial charge in [-0.1, -0.05) is 0 Å². The Morgan fingerprint density at radius 3 is 2.70 bits per heavy atom. The number of benzene rings is 1. The van der Waals surface area contributed by atoms with Crippen molar-refractivity contribution < 1.29 is 23.1 Å². The minimum absolute atomic E-state index is 0.187. The van der Waals surface area contributed by atoms with Crippen molar-refractivity contribution in [2.45, 2.75) is 19.6 Å². The second-order valence-corrected chi connectivity index (χ2v) is 4.09. The van der Waals surface area contributed by atoms with Crippen LogP contribution in [0, 0.1) is 0 Å². The van der Waals surface area contributed by atoms with E-state index in [1.165, 1.54) is 12.1 Å². The van der Waals surface area contributed by atoms with Crippen molar-refractivity contribution in [3.05, 3.63) is 35.7 Å². The minimum Gasteiger partial charge on any atom is -0.478 e. The molecule has 0 bridgehead atoms. The topological polar surface area (TPSA) is 55.1 Å². The maximum atomic E-state index is 12.6. The first-order valence-electron chi connectivity index (χ1n) is 5.81. The molecular formula is C13H11F3N2O2. The zero-order valence-electron chi connectivity index (χ0n) is 10.5. The van der Waals surface area contributed by atoms with Crippen LogP contribution in [0.4, 0.5) is 13.2 Å². The van der Waals surface area contributed by atoms with Gasteiger partial charge in [0.15, 0.2) is 0 Å². The number of hydrogen-bond donors (Lipinski definition) is 1. The van der Waals surface area contributed by atoms with Crippen LogP contribution in [0.1, 0.15) is 18.3 Å². The molecule has 2 aromatic rings. The number of rotatable bonds is 3. The highest BCUT2D eigenvalue weighted by atomic mass is 19.4. The lowest BCUT2D eigenvalue weighted by atomic mass is 10.2. The van der Waals surface area contributed by atoms with E-state index < -0.39 is 17.7 Å². The van der Waals surface area contributed by atoms with Gasteiger partial charge < -0.3 is 9.67 Å². The first-order chi connectivity index (χ1) is 9.32. The van der Waals surface area contributed by atoms with Crippen LogP contribution in [0.5, 0.6) is 0 Å². The number of alkyl halides is 3. The van der Waals surface area contributed by atoms with Crippen molar-refractivity contribution in [1.82, 2.24) is 9.55 Å². The van der Waals surface area contributed by atoms with Gasteiger partial charge in [0.25, 0.3) is 0 Å². The molecule has 0 amide bonds. The van der Waals surface area contributed by atoms with Gasteiger partial charge >= 0.3 is 12.1 Å². The van der Waals surface area contributed by atoms with E-state index in [9.17, 15) is 18.0 Å². The van der Waals surface area contributed by atoms with E-state index in [1.54, 1.807) is 11.5 Å². The van der Waals surface area contributed by atoms with Crippen LogP contribution in [0.25, 0.3) is 17.1 Å². The first-order valence-corrected chi connectivity index (χ1v) is 5.81. The summed E-state index contributed by atoms with van der Waals surface area (Å²) >= 11 is 0. The fraction of sp³-hybridized carbons (Fsp3) is 0.231. The predicted octanol–water partition coefficient (Wildman–Crippen LogP) is 3.17. The Balaban J connectivity index is 2.59. The second kappa shape index (κ2) is 4.99. The van der Waals surface area contributed by atoms with Gasteiger partial charge in [0.2, 0.25) is 0 Å². The molecule has 0 aliphatic heterocycles. The zero-order chi connectivity index (χ0) is 14.9.